The van der Waals surface area contributed by atoms with E-state index in [9.17, 15) is 4.79 Å². The fraction of sp³-hybridized carbons (Fsp3) is 0.423. The molecule has 186 valence electrons. The molecule has 0 unspecified atom stereocenters. The number of thioether (sulfide) groups is 1. The van der Waals surface area contributed by atoms with Crippen LogP contribution >= 0.6 is 35.0 Å². The number of halogens is 2. The van der Waals surface area contributed by atoms with E-state index in [4.69, 9.17) is 32.7 Å². The van der Waals surface area contributed by atoms with Crippen LogP contribution in [0.15, 0.2) is 42.5 Å². The number of ether oxygens (including phenoxy) is 2. The second-order valence-corrected chi connectivity index (χ2v) is 10.8. The topological polar surface area (TPSA) is 66.2 Å². The summed E-state index contributed by atoms with van der Waals surface area (Å²) in [7, 11) is 1.64. The molecule has 0 amide bonds. The van der Waals surface area contributed by atoms with Gasteiger partial charge in [0, 0.05) is 21.0 Å². The summed E-state index contributed by atoms with van der Waals surface area (Å²) >= 11 is 14.3. The SMILES string of the molecule is CCOC(=O)c1nnn(Cc2ccc(OC)cc2)c1CS[C@H]1CC[C@@H](c2cc(Cl)cc(Cl)c2)CC1. The lowest BCUT2D eigenvalue weighted by Crippen LogP contribution is -2.17. The summed E-state index contributed by atoms with van der Waals surface area (Å²) in [4.78, 5) is 12.5. The van der Waals surface area contributed by atoms with Crippen LogP contribution < -0.4 is 4.74 Å². The fourth-order valence-electron chi connectivity index (χ4n) is 4.44. The van der Waals surface area contributed by atoms with Gasteiger partial charge in [0.25, 0.3) is 0 Å². The molecule has 0 aliphatic heterocycles. The maximum atomic E-state index is 12.5. The normalized spacial score (nSPS) is 17.8. The Morgan fingerprint density at radius 2 is 1.77 bits per heavy atom. The molecule has 1 saturated carbocycles. The van der Waals surface area contributed by atoms with Crippen LogP contribution in [0.4, 0.5) is 0 Å². The smallest absolute Gasteiger partial charge is 0.360 e. The summed E-state index contributed by atoms with van der Waals surface area (Å²) in [6, 6.07) is 13.6. The van der Waals surface area contributed by atoms with Crippen molar-refractivity contribution in [2.24, 2.45) is 0 Å². The summed E-state index contributed by atoms with van der Waals surface area (Å²) in [6.07, 6.45) is 4.35. The Morgan fingerprint density at radius 3 is 2.40 bits per heavy atom. The summed E-state index contributed by atoms with van der Waals surface area (Å²) < 4.78 is 12.3. The van der Waals surface area contributed by atoms with Gasteiger partial charge in [-0.1, -0.05) is 40.5 Å². The van der Waals surface area contributed by atoms with Crippen molar-refractivity contribution in [3.05, 3.63) is 75.0 Å². The van der Waals surface area contributed by atoms with E-state index < -0.39 is 5.97 Å². The summed E-state index contributed by atoms with van der Waals surface area (Å²) in [5.74, 6) is 1.49. The van der Waals surface area contributed by atoms with Crippen molar-refractivity contribution in [1.82, 2.24) is 15.0 Å². The molecule has 0 saturated heterocycles. The molecule has 2 aromatic carbocycles. The number of carbonyl (C=O) groups is 1. The highest BCUT2D eigenvalue weighted by Gasteiger charge is 2.26. The van der Waals surface area contributed by atoms with Crippen molar-refractivity contribution in [3.8, 4) is 5.75 Å². The van der Waals surface area contributed by atoms with E-state index in [1.807, 2.05) is 48.2 Å². The minimum atomic E-state index is -0.425. The van der Waals surface area contributed by atoms with Gasteiger partial charge in [-0.05, 0) is 80.0 Å². The van der Waals surface area contributed by atoms with Crippen LogP contribution in [0.3, 0.4) is 0 Å². The first-order valence-electron chi connectivity index (χ1n) is 11.8. The van der Waals surface area contributed by atoms with Crippen LogP contribution in [0.1, 0.15) is 65.8 Å². The monoisotopic (exact) mass is 533 g/mol. The molecule has 3 aromatic rings. The average molecular weight is 535 g/mol. The summed E-state index contributed by atoms with van der Waals surface area (Å²) in [5, 5.41) is 10.3. The third-order valence-electron chi connectivity index (χ3n) is 6.28. The molecule has 1 heterocycles. The van der Waals surface area contributed by atoms with E-state index in [-0.39, 0.29) is 0 Å². The van der Waals surface area contributed by atoms with E-state index >= 15 is 0 Å². The Bertz CT molecular complexity index is 1120. The van der Waals surface area contributed by atoms with E-state index in [2.05, 4.69) is 10.3 Å². The molecular formula is C26H29Cl2N3O3S. The van der Waals surface area contributed by atoms with Crippen molar-refractivity contribution in [1.29, 1.82) is 0 Å². The lowest BCUT2D eigenvalue weighted by atomic mass is 9.84. The number of carbonyl (C=O) groups excluding carboxylic acids is 1. The van der Waals surface area contributed by atoms with Crippen LogP contribution in [0.2, 0.25) is 10.0 Å². The molecule has 0 spiro atoms. The van der Waals surface area contributed by atoms with Gasteiger partial charge in [0.2, 0.25) is 0 Å². The van der Waals surface area contributed by atoms with Crippen molar-refractivity contribution in [2.45, 2.75) is 56.1 Å². The zero-order valence-corrected chi connectivity index (χ0v) is 22.2. The van der Waals surface area contributed by atoms with E-state index in [1.54, 1.807) is 24.8 Å². The van der Waals surface area contributed by atoms with Gasteiger partial charge in [0.1, 0.15) is 5.75 Å². The predicted molar refractivity (Wildman–Crippen MR) is 141 cm³/mol. The highest BCUT2D eigenvalue weighted by atomic mass is 35.5. The zero-order chi connectivity index (χ0) is 24.8. The summed E-state index contributed by atoms with van der Waals surface area (Å²) in [6.45, 7) is 2.61. The molecule has 0 N–H and O–H groups in total. The molecule has 1 fully saturated rings. The first kappa shape index (κ1) is 25.9. The number of methoxy groups -OCH3 is 1. The highest BCUT2D eigenvalue weighted by Crippen LogP contribution is 2.40. The van der Waals surface area contributed by atoms with Gasteiger partial charge in [-0.15, -0.1) is 5.10 Å². The Hall–Kier alpha value is -2.22. The quantitative estimate of drug-likeness (QED) is 0.282. The largest absolute Gasteiger partial charge is 0.497 e. The van der Waals surface area contributed by atoms with Crippen molar-refractivity contribution in [3.63, 3.8) is 0 Å². The van der Waals surface area contributed by atoms with Gasteiger partial charge in [-0.2, -0.15) is 11.8 Å². The van der Waals surface area contributed by atoms with Crippen LogP contribution in [0.5, 0.6) is 5.75 Å². The van der Waals surface area contributed by atoms with Crippen molar-refractivity contribution >= 4 is 40.9 Å². The van der Waals surface area contributed by atoms with Crippen molar-refractivity contribution < 1.29 is 14.3 Å². The van der Waals surface area contributed by atoms with Gasteiger partial charge < -0.3 is 9.47 Å². The Balaban J connectivity index is 1.42. The van der Waals surface area contributed by atoms with Crippen LogP contribution in [0.25, 0.3) is 0 Å². The zero-order valence-electron chi connectivity index (χ0n) is 19.9. The molecule has 35 heavy (non-hydrogen) atoms. The van der Waals surface area contributed by atoms with E-state index in [1.165, 1.54) is 5.56 Å². The molecule has 1 aromatic heterocycles. The number of aromatic nitrogens is 3. The molecule has 1 aliphatic carbocycles. The average Bonchev–Trinajstić information content (AvgIpc) is 3.25. The number of nitrogens with zero attached hydrogens (tertiary/aromatic N) is 3. The maximum absolute atomic E-state index is 12.5. The molecule has 0 radical (unpaired) electrons. The molecule has 1 aliphatic rings. The van der Waals surface area contributed by atoms with E-state index in [0.29, 0.717) is 45.8 Å². The van der Waals surface area contributed by atoms with E-state index in [0.717, 1.165) is 42.7 Å². The van der Waals surface area contributed by atoms with Gasteiger partial charge >= 0.3 is 5.97 Å². The number of benzene rings is 2. The lowest BCUT2D eigenvalue weighted by Gasteiger charge is -2.28. The first-order chi connectivity index (χ1) is 17.0. The predicted octanol–water partition coefficient (Wildman–Crippen LogP) is 6.78. The number of hydrogen-bond donors (Lipinski definition) is 0. The van der Waals surface area contributed by atoms with Crippen LogP contribution in [-0.4, -0.2) is 39.9 Å². The molecule has 4 rings (SSSR count). The standard InChI is InChI=1S/C26H29Cl2N3O3S/c1-3-34-26(32)25-24(31(30-29-25)15-17-4-8-22(33-2)9-5-17)16-35-23-10-6-18(7-11-23)19-12-20(27)14-21(28)13-19/h4-5,8-9,12-14,18,23H,3,6-7,10-11,15-16H2,1-2H3/t18-,23+. The van der Waals surface area contributed by atoms with Crippen LogP contribution in [0, 0.1) is 0 Å². The fourth-order valence-corrected chi connectivity index (χ4v) is 6.26. The minimum absolute atomic E-state index is 0.300. The second-order valence-electron chi connectivity index (χ2n) is 8.60. The number of esters is 1. The van der Waals surface area contributed by atoms with Crippen LogP contribution in [-0.2, 0) is 17.0 Å². The van der Waals surface area contributed by atoms with Gasteiger partial charge in [-0.25, -0.2) is 9.48 Å². The summed E-state index contributed by atoms with van der Waals surface area (Å²) in [5.41, 5.74) is 3.37. The van der Waals surface area contributed by atoms with Crippen molar-refractivity contribution in [2.75, 3.05) is 13.7 Å². The third kappa shape index (κ3) is 6.72. The Morgan fingerprint density at radius 1 is 1.09 bits per heavy atom. The second kappa shape index (κ2) is 12.2. The first-order valence-corrected chi connectivity index (χ1v) is 13.6. The Kier molecular flexibility index (Phi) is 8.98. The lowest BCUT2D eigenvalue weighted by molar-refractivity contribution is 0.0518. The van der Waals surface area contributed by atoms with Gasteiger partial charge in [-0.3, -0.25) is 0 Å². The maximum Gasteiger partial charge on any atom is 0.360 e. The molecular weight excluding hydrogens is 505 g/mol. The van der Waals surface area contributed by atoms with Gasteiger partial charge in [0.15, 0.2) is 5.69 Å². The highest BCUT2D eigenvalue weighted by molar-refractivity contribution is 7.99. The molecule has 6 nitrogen and oxygen atoms in total. The Labute approximate surface area is 220 Å². The molecule has 0 bridgehead atoms. The molecule has 0 atom stereocenters. The number of hydrogen-bond acceptors (Lipinski definition) is 6. The van der Waals surface area contributed by atoms with Gasteiger partial charge in [0.05, 0.1) is 26.0 Å². The third-order valence-corrected chi connectivity index (χ3v) is 8.10. The number of rotatable bonds is 9. The minimum Gasteiger partial charge on any atom is -0.497 e. The molecule has 9 heteroatoms.